The van der Waals surface area contributed by atoms with Crippen LogP contribution in [-0.2, 0) is 0 Å². The molecule has 3 heterocycles. The van der Waals surface area contributed by atoms with E-state index in [2.05, 4.69) is 46.1 Å². The van der Waals surface area contributed by atoms with Crippen molar-refractivity contribution in [3.63, 3.8) is 0 Å². The van der Waals surface area contributed by atoms with Crippen molar-refractivity contribution in [2.75, 3.05) is 37.6 Å². The average Bonchev–Trinajstić information content (AvgIpc) is 2.55. The van der Waals surface area contributed by atoms with Crippen molar-refractivity contribution in [3.8, 4) is 0 Å². The molecule has 1 N–H and O–H groups in total. The summed E-state index contributed by atoms with van der Waals surface area (Å²) in [7, 11) is 0. The Hall–Kier alpha value is -1.13. The van der Waals surface area contributed by atoms with E-state index < -0.39 is 0 Å². The quantitative estimate of drug-likeness (QED) is 0.922. The highest BCUT2D eigenvalue weighted by molar-refractivity contribution is 5.42. The van der Waals surface area contributed by atoms with Crippen LogP contribution in [0.5, 0.6) is 0 Å². The predicted molar refractivity (Wildman–Crippen MR) is 87.8 cm³/mol. The molecule has 0 bridgehead atoms. The van der Waals surface area contributed by atoms with Gasteiger partial charge in [0, 0.05) is 37.9 Å². The molecule has 4 nitrogen and oxygen atoms in total. The molecule has 2 unspecified atom stereocenters. The van der Waals surface area contributed by atoms with Crippen molar-refractivity contribution in [2.24, 2.45) is 0 Å². The van der Waals surface area contributed by atoms with E-state index in [1.54, 1.807) is 0 Å². The van der Waals surface area contributed by atoms with Crippen LogP contribution in [0.15, 0.2) is 18.3 Å². The number of nitrogens with one attached hydrogen (secondary N) is 1. The zero-order chi connectivity index (χ0) is 14.7. The van der Waals surface area contributed by atoms with Gasteiger partial charge in [-0.1, -0.05) is 13.3 Å². The molecule has 2 aliphatic rings. The predicted octanol–water partition coefficient (Wildman–Crippen LogP) is 2.43. The van der Waals surface area contributed by atoms with Crippen molar-refractivity contribution in [3.05, 3.63) is 23.9 Å². The van der Waals surface area contributed by atoms with E-state index in [1.807, 2.05) is 6.20 Å². The molecule has 2 fully saturated rings. The fourth-order valence-corrected chi connectivity index (χ4v) is 3.66. The van der Waals surface area contributed by atoms with Crippen molar-refractivity contribution < 1.29 is 0 Å². The molecule has 116 valence electrons. The summed E-state index contributed by atoms with van der Waals surface area (Å²) in [4.78, 5) is 9.78. The number of aromatic nitrogens is 1. The van der Waals surface area contributed by atoms with Crippen LogP contribution in [0.1, 0.15) is 44.7 Å². The fourth-order valence-electron chi connectivity index (χ4n) is 3.66. The van der Waals surface area contributed by atoms with Gasteiger partial charge in [0.1, 0.15) is 5.82 Å². The molecule has 0 amide bonds. The molecule has 2 aliphatic heterocycles. The van der Waals surface area contributed by atoms with E-state index >= 15 is 0 Å². The lowest BCUT2D eigenvalue weighted by atomic mass is 9.99. The summed E-state index contributed by atoms with van der Waals surface area (Å²) in [5, 5.41) is 3.48. The van der Waals surface area contributed by atoms with Crippen LogP contribution in [0, 0.1) is 0 Å². The summed E-state index contributed by atoms with van der Waals surface area (Å²) in [6, 6.07) is 5.54. The van der Waals surface area contributed by atoms with Gasteiger partial charge in [0.15, 0.2) is 0 Å². The third-order valence-electron chi connectivity index (χ3n) is 4.94. The number of fused-ring (bicyclic) bond motifs is 1. The van der Waals surface area contributed by atoms with Gasteiger partial charge in [-0.2, -0.15) is 0 Å². The summed E-state index contributed by atoms with van der Waals surface area (Å²) >= 11 is 0. The van der Waals surface area contributed by atoms with Gasteiger partial charge in [-0.05, 0) is 50.6 Å². The van der Waals surface area contributed by atoms with E-state index in [0.29, 0.717) is 6.04 Å². The highest BCUT2D eigenvalue weighted by Crippen LogP contribution is 2.25. The number of hydrogen-bond donors (Lipinski definition) is 1. The Labute approximate surface area is 128 Å². The Kier molecular flexibility index (Phi) is 4.76. The van der Waals surface area contributed by atoms with Gasteiger partial charge in [0.25, 0.3) is 0 Å². The molecule has 2 saturated heterocycles. The van der Waals surface area contributed by atoms with Gasteiger partial charge in [-0.15, -0.1) is 0 Å². The summed E-state index contributed by atoms with van der Waals surface area (Å²) < 4.78 is 0. The number of rotatable bonds is 4. The molecular formula is C17H28N4. The maximum Gasteiger partial charge on any atom is 0.128 e. The van der Waals surface area contributed by atoms with Crippen LogP contribution in [0.2, 0.25) is 0 Å². The first-order valence-electron chi connectivity index (χ1n) is 8.46. The van der Waals surface area contributed by atoms with Crippen LogP contribution in [0.4, 0.5) is 5.82 Å². The second kappa shape index (κ2) is 6.75. The van der Waals surface area contributed by atoms with Crippen LogP contribution in [0.25, 0.3) is 0 Å². The van der Waals surface area contributed by atoms with Crippen molar-refractivity contribution in [1.29, 1.82) is 0 Å². The summed E-state index contributed by atoms with van der Waals surface area (Å²) in [6.07, 6.45) is 6.08. The second-order valence-corrected chi connectivity index (χ2v) is 6.36. The largest absolute Gasteiger partial charge is 0.354 e. The van der Waals surface area contributed by atoms with Crippen LogP contribution < -0.4 is 10.2 Å². The zero-order valence-corrected chi connectivity index (χ0v) is 13.4. The van der Waals surface area contributed by atoms with Crippen molar-refractivity contribution >= 4 is 5.82 Å². The topological polar surface area (TPSA) is 31.4 Å². The molecule has 2 atom stereocenters. The normalized spacial score (nSPS) is 24.7. The second-order valence-electron chi connectivity index (χ2n) is 6.36. The van der Waals surface area contributed by atoms with E-state index in [4.69, 9.17) is 0 Å². The molecule has 0 radical (unpaired) electrons. The lowest BCUT2D eigenvalue weighted by Gasteiger charge is -2.44. The van der Waals surface area contributed by atoms with E-state index in [-0.39, 0.29) is 0 Å². The maximum atomic E-state index is 4.62. The Morgan fingerprint density at radius 2 is 2.24 bits per heavy atom. The Morgan fingerprint density at radius 3 is 3.10 bits per heavy atom. The maximum absolute atomic E-state index is 4.62. The van der Waals surface area contributed by atoms with Gasteiger partial charge < -0.3 is 10.2 Å². The monoisotopic (exact) mass is 288 g/mol. The lowest BCUT2D eigenvalue weighted by Crippen LogP contribution is -2.55. The van der Waals surface area contributed by atoms with Gasteiger partial charge in [0.2, 0.25) is 0 Å². The molecule has 21 heavy (non-hydrogen) atoms. The third kappa shape index (κ3) is 3.38. The third-order valence-corrected chi connectivity index (χ3v) is 4.94. The standard InChI is InChI=1S/C17H28N4/c1-3-18-14(2)15-7-8-19-17(12-15)21-11-10-20-9-5-4-6-16(20)13-21/h7-8,12,14,16,18H,3-6,9-11,13H2,1-2H3. The van der Waals surface area contributed by atoms with Crippen LogP contribution in [0.3, 0.4) is 0 Å². The Bertz CT molecular complexity index is 462. The zero-order valence-electron chi connectivity index (χ0n) is 13.4. The van der Waals surface area contributed by atoms with Crippen molar-refractivity contribution in [2.45, 2.75) is 45.2 Å². The smallest absolute Gasteiger partial charge is 0.128 e. The molecule has 0 aliphatic carbocycles. The van der Waals surface area contributed by atoms with Crippen molar-refractivity contribution in [1.82, 2.24) is 15.2 Å². The summed E-state index contributed by atoms with van der Waals surface area (Å²) in [6.45, 7) is 10.1. The molecule has 1 aromatic rings. The molecule has 3 rings (SSSR count). The van der Waals surface area contributed by atoms with E-state index in [0.717, 1.165) is 31.5 Å². The first-order chi connectivity index (χ1) is 10.3. The molecule has 0 aromatic carbocycles. The fraction of sp³-hybridized carbons (Fsp3) is 0.706. The molecule has 0 spiro atoms. The molecule has 0 saturated carbocycles. The molecule has 1 aromatic heterocycles. The first kappa shape index (κ1) is 14.8. The number of piperidine rings is 1. The Morgan fingerprint density at radius 1 is 1.33 bits per heavy atom. The minimum absolute atomic E-state index is 0.396. The van der Waals surface area contributed by atoms with E-state index in [9.17, 15) is 0 Å². The average molecular weight is 288 g/mol. The van der Waals surface area contributed by atoms with Crippen LogP contribution in [-0.4, -0.2) is 48.6 Å². The number of piperazine rings is 1. The minimum Gasteiger partial charge on any atom is -0.354 e. The minimum atomic E-state index is 0.396. The van der Waals surface area contributed by atoms with Gasteiger partial charge >= 0.3 is 0 Å². The SMILES string of the molecule is CCNC(C)c1ccnc(N2CCN3CCCCC3C2)c1. The highest BCUT2D eigenvalue weighted by atomic mass is 15.3. The number of hydrogen-bond acceptors (Lipinski definition) is 4. The number of pyridine rings is 1. The summed E-state index contributed by atoms with van der Waals surface area (Å²) in [5.74, 6) is 1.16. The van der Waals surface area contributed by atoms with Crippen LogP contribution >= 0.6 is 0 Å². The molecular weight excluding hydrogens is 260 g/mol. The highest BCUT2D eigenvalue weighted by Gasteiger charge is 2.29. The Balaban J connectivity index is 1.70. The number of anilines is 1. The summed E-state index contributed by atoms with van der Waals surface area (Å²) in [5.41, 5.74) is 1.34. The van der Waals surface area contributed by atoms with Gasteiger partial charge in [-0.25, -0.2) is 4.98 Å². The lowest BCUT2D eigenvalue weighted by molar-refractivity contribution is 0.133. The number of nitrogens with zero attached hydrogens (tertiary/aromatic N) is 3. The molecule has 4 heteroatoms. The van der Waals surface area contributed by atoms with E-state index in [1.165, 1.54) is 37.9 Å². The first-order valence-corrected chi connectivity index (χ1v) is 8.46. The van der Waals surface area contributed by atoms with Gasteiger partial charge in [-0.3, -0.25) is 4.90 Å². The van der Waals surface area contributed by atoms with Gasteiger partial charge in [0.05, 0.1) is 0 Å².